The van der Waals surface area contributed by atoms with Gasteiger partial charge in [-0.2, -0.15) is 4.98 Å². The van der Waals surface area contributed by atoms with Crippen molar-refractivity contribution in [2.45, 2.75) is 19.4 Å². The fourth-order valence-electron chi connectivity index (χ4n) is 3.93. The average molecular weight is 496 g/mol. The van der Waals surface area contributed by atoms with Gasteiger partial charge < -0.3 is 13.8 Å². The van der Waals surface area contributed by atoms with Crippen LogP contribution in [0.15, 0.2) is 63.7 Å². The van der Waals surface area contributed by atoms with Gasteiger partial charge in [-0.05, 0) is 48.5 Å². The monoisotopic (exact) mass is 495 g/mol. The van der Waals surface area contributed by atoms with Gasteiger partial charge in [-0.15, -0.1) is 0 Å². The van der Waals surface area contributed by atoms with Gasteiger partial charge in [0.15, 0.2) is 11.7 Å². The molecule has 1 saturated heterocycles. The fourth-order valence-corrected chi connectivity index (χ4v) is 4.05. The van der Waals surface area contributed by atoms with E-state index in [0.717, 1.165) is 24.2 Å². The maximum Gasteiger partial charge on any atom is 0.241 e. The van der Waals surface area contributed by atoms with E-state index in [2.05, 4.69) is 20.0 Å². The topological polar surface area (TPSA) is 88.5 Å². The Bertz CT molecular complexity index is 1280. The number of oxazole rings is 1. The minimum atomic E-state index is -0.307. The Kier molecular flexibility index (Phi) is 6.87. The van der Waals surface area contributed by atoms with Crippen LogP contribution in [0.2, 0.25) is 5.02 Å². The van der Waals surface area contributed by atoms with Crippen LogP contribution in [0.1, 0.15) is 18.2 Å². The highest BCUT2D eigenvalue weighted by atomic mass is 35.5. The van der Waals surface area contributed by atoms with E-state index in [0.29, 0.717) is 60.9 Å². The molecule has 0 bridgehead atoms. The van der Waals surface area contributed by atoms with E-state index in [9.17, 15) is 9.18 Å². The lowest BCUT2D eigenvalue weighted by Crippen LogP contribution is -2.48. The third kappa shape index (κ3) is 5.75. The summed E-state index contributed by atoms with van der Waals surface area (Å²) in [4.78, 5) is 25.4. The second-order valence-electron chi connectivity index (χ2n) is 8.30. The standard InChI is InChI=1S/C25H23ClFN5O3/c26-19-5-1-18(2-6-19)25-29-23(35-30-25)16-31-11-13-32(14-12-31)24(33)10-9-22-28-15-21(34-22)17-3-7-20(27)8-4-17/h1-8,15H,9-14,16H2. The Morgan fingerprint density at radius 3 is 2.43 bits per heavy atom. The number of nitrogens with zero attached hydrogens (tertiary/aromatic N) is 5. The molecule has 5 rings (SSSR count). The number of aryl methyl sites for hydroxylation is 1. The summed E-state index contributed by atoms with van der Waals surface area (Å²) >= 11 is 5.93. The largest absolute Gasteiger partial charge is 0.441 e. The predicted octanol–water partition coefficient (Wildman–Crippen LogP) is 4.46. The van der Waals surface area contributed by atoms with Gasteiger partial charge in [0, 0.05) is 55.2 Å². The molecule has 0 spiro atoms. The highest BCUT2D eigenvalue weighted by Crippen LogP contribution is 2.22. The summed E-state index contributed by atoms with van der Waals surface area (Å²) in [7, 11) is 0. The third-order valence-electron chi connectivity index (χ3n) is 5.89. The zero-order valence-electron chi connectivity index (χ0n) is 18.9. The Morgan fingerprint density at radius 2 is 1.69 bits per heavy atom. The van der Waals surface area contributed by atoms with Gasteiger partial charge in [0.05, 0.1) is 12.7 Å². The van der Waals surface area contributed by atoms with Crippen LogP contribution in [-0.2, 0) is 17.8 Å². The summed E-state index contributed by atoms with van der Waals surface area (Å²) in [5.41, 5.74) is 1.59. The molecule has 0 radical (unpaired) electrons. The summed E-state index contributed by atoms with van der Waals surface area (Å²) in [5, 5.41) is 4.70. The zero-order chi connectivity index (χ0) is 24.2. The summed E-state index contributed by atoms with van der Waals surface area (Å²) < 4.78 is 24.2. The van der Waals surface area contributed by atoms with E-state index in [1.807, 2.05) is 17.0 Å². The molecule has 1 fully saturated rings. The Morgan fingerprint density at radius 1 is 0.971 bits per heavy atom. The van der Waals surface area contributed by atoms with Crippen LogP contribution in [0.25, 0.3) is 22.7 Å². The van der Waals surface area contributed by atoms with E-state index in [4.69, 9.17) is 20.5 Å². The van der Waals surface area contributed by atoms with Gasteiger partial charge in [0.2, 0.25) is 17.6 Å². The van der Waals surface area contributed by atoms with E-state index < -0.39 is 0 Å². The molecule has 2 aromatic heterocycles. The smallest absolute Gasteiger partial charge is 0.241 e. The van der Waals surface area contributed by atoms with E-state index in [1.165, 1.54) is 12.1 Å². The number of benzene rings is 2. The number of rotatable bonds is 7. The number of piperazine rings is 1. The number of carbonyl (C=O) groups is 1. The van der Waals surface area contributed by atoms with Crippen molar-refractivity contribution in [2.75, 3.05) is 26.2 Å². The molecule has 3 heterocycles. The molecule has 0 atom stereocenters. The summed E-state index contributed by atoms with van der Waals surface area (Å²) in [6.45, 7) is 3.23. The molecule has 35 heavy (non-hydrogen) atoms. The van der Waals surface area contributed by atoms with Crippen LogP contribution in [-0.4, -0.2) is 57.0 Å². The van der Waals surface area contributed by atoms with Crippen molar-refractivity contribution in [1.82, 2.24) is 24.9 Å². The van der Waals surface area contributed by atoms with Gasteiger partial charge in [-0.3, -0.25) is 9.69 Å². The van der Waals surface area contributed by atoms with E-state index in [-0.39, 0.29) is 11.7 Å². The van der Waals surface area contributed by atoms with Gasteiger partial charge >= 0.3 is 0 Å². The van der Waals surface area contributed by atoms with Crippen molar-refractivity contribution in [3.63, 3.8) is 0 Å². The quantitative estimate of drug-likeness (QED) is 0.374. The van der Waals surface area contributed by atoms with E-state index >= 15 is 0 Å². The Hall–Kier alpha value is -3.56. The molecule has 8 nitrogen and oxygen atoms in total. The molecule has 1 aliphatic heterocycles. The van der Waals surface area contributed by atoms with Crippen LogP contribution in [0.3, 0.4) is 0 Å². The van der Waals surface area contributed by atoms with Crippen LogP contribution >= 0.6 is 11.6 Å². The lowest BCUT2D eigenvalue weighted by Gasteiger charge is -2.33. The number of amides is 1. The first-order chi connectivity index (χ1) is 17.0. The molecule has 0 N–H and O–H groups in total. The van der Waals surface area contributed by atoms with Gasteiger partial charge in [-0.1, -0.05) is 16.8 Å². The molecule has 0 unspecified atom stereocenters. The molecule has 0 aliphatic carbocycles. The molecule has 4 aromatic rings. The Labute approximate surface area is 206 Å². The van der Waals surface area contributed by atoms with Crippen LogP contribution < -0.4 is 0 Å². The lowest BCUT2D eigenvalue weighted by atomic mass is 10.2. The van der Waals surface area contributed by atoms with Gasteiger partial charge in [0.1, 0.15) is 5.82 Å². The molecule has 0 saturated carbocycles. The van der Waals surface area contributed by atoms with Gasteiger partial charge in [0.25, 0.3) is 0 Å². The Balaban J connectivity index is 1.08. The molecular weight excluding hydrogens is 473 g/mol. The average Bonchev–Trinajstić information content (AvgIpc) is 3.54. The molecule has 2 aromatic carbocycles. The minimum absolute atomic E-state index is 0.0639. The number of carbonyl (C=O) groups excluding carboxylic acids is 1. The molecule has 1 amide bonds. The number of aromatic nitrogens is 3. The van der Waals surface area contributed by atoms with Gasteiger partial charge in [-0.25, -0.2) is 9.37 Å². The van der Waals surface area contributed by atoms with Crippen LogP contribution in [0, 0.1) is 5.82 Å². The molecule has 10 heteroatoms. The van der Waals surface area contributed by atoms with Crippen molar-refractivity contribution in [2.24, 2.45) is 0 Å². The molecule has 1 aliphatic rings. The third-order valence-corrected chi connectivity index (χ3v) is 6.14. The number of halogens is 2. The van der Waals surface area contributed by atoms with Crippen molar-refractivity contribution >= 4 is 17.5 Å². The second-order valence-corrected chi connectivity index (χ2v) is 8.74. The minimum Gasteiger partial charge on any atom is -0.441 e. The van der Waals surface area contributed by atoms with Crippen LogP contribution in [0.5, 0.6) is 0 Å². The molecular formula is C25H23ClFN5O3. The van der Waals surface area contributed by atoms with E-state index in [1.54, 1.807) is 30.5 Å². The molecule has 180 valence electrons. The van der Waals surface area contributed by atoms with Crippen molar-refractivity contribution in [3.8, 4) is 22.7 Å². The van der Waals surface area contributed by atoms with Crippen molar-refractivity contribution in [3.05, 3.63) is 77.3 Å². The summed E-state index contributed by atoms with van der Waals surface area (Å²) in [6.07, 6.45) is 2.33. The first-order valence-electron chi connectivity index (χ1n) is 11.3. The SMILES string of the molecule is O=C(CCc1ncc(-c2ccc(F)cc2)o1)N1CCN(Cc2nc(-c3ccc(Cl)cc3)no2)CC1. The highest BCUT2D eigenvalue weighted by Gasteiger charge is 2.23. The number of hydrogen-bond donors (Lipinski definition) is 0. The zero-order valence-corrected chi connectivity index (χ0v) is 19.6. The summed E-state index contributed by atoms with van der Waals surface area (Å²) in [6, 6.07) is 13.3. The van der Waals surface area contributed by atoms with Crippen molar-refractivity contribution in [1.29, 1.82) is 0 Å². The highest BCUT2D eigenvalue weighted by molar-refractivity contribution is 6.30. The second kappa shape index (κ2) is 10.4. The maximum atomic E-state index is 13.1. The predicted molar refractivity (Wildman–Crippen MR) is 127 cm³/mol. The maximum absolute atomic E-state index is 13.1. The summed E-state index contributed by atoms with van der Waals surface area (Å²) in [5.74, 6) is 1.87. The first-order valence-corrected chi connectivity index (χ1v) is 11.7. The number of hydrogen-bond acceptors (Lipinski definition) is 7. The first kappa shape index (κ1) is 23.2. The normalized spacial score (nSPS) is 14.4. The lowest BCUT2D eigenvalue weighted by molar-refractivity contribution is -0.133. The van der Waals surface area contributed by atoms with Crippen LogP contribution in [0.4, 0.5) is 4.39 Å². The fraction of sp³-hybridized carbons (Fsp3) is 0.280. The van der Waals surface area contributed by atoms with Crippen molar-refractivity contribution < 1.29 is 18.1 Å².